The fourth-order valence-corrected chi connectivity index (χ4v) is 5.42. The van der Waals surface area contributed by atoms with Crippen molar-refractivity contribution in [3.8, 4) is 5.75 Å². The molecule has 1 fully saturated rings. The molecule has 1 aliphatic rings. The number of aliphatic carboxylic acids is 1. The second-order valence-corrected chi connectivity index (χ2v) is 10.2. The topological polar surface area (TPSA) is 73.3 Å². The third-order valence-electron chi connectivity index (χ3n) is 7.48. The number of nitrogens with zero attached hydrogens (tertiary/aromatic N) is 3. The molecule has 0 aliphatic carbocycles. The average molecular weight is 530 g/mol. The van der Waals surface area contributed by atoms with Crippen molar-refractivity contribution in [3.05, 3.63) is 96.1 Å². The van der Waals surface area contributed by atoms with E-state index in [1.807, 2.05) is 68.7 Å². The summed E-state index contributed by atoms with van der Waals surface area (Å²) in [5, 5.41) is 8.89. The Labute approximate surface area is 231 Å². The van der Waals surface area contributed by atoms with Crippen LogP contribution in [0.2, 0.25) is 0 Å². The number of para-hydroxylation sites is 2. The maximum Gasteiger partial charge on any atom is 0.303 e. The number of piperazine rings is 1. The van der Waals surface area contributed by atoms with Gasteiger partial charge in [0.25, 0.3) is 0 Å². The largest absolute Gasteiger partial charge is 0.491 e. The zero-order valence-corrected chi connectivity index (χ0v) is 23.0. The van der Waals surface area contributed by atoms with Gasteiger partial charge in [0.1, 0.15) is 11.2 Å². The van der Waals surface area contributed by atoms with E-state index in [1.165, 1.54) is 0 Å². The number of carboxylic acids is 1. The minimum atomic E-state index is -0.807. The number of amides is 1. The molecule has 7 heteroatoms. The normalized spacial score (nSPS) is 14.2. The number of ether oxygens (including phenoxy) is 1. The number of hydrogen-bond acceptors (Lipinski definition) is 5. The van der Waals surface area contributed by atoms with Crippen LogP contribution in [-0.2, 0) is 15.0 Å². The zero-order valence-electron chi connectivity index (χ0n) is 23.0. The van der Waals surface area contributed by atoms with Crippen LogP contribution in [0.5, 0.6) is 5.75 Å². The fourth-order valence-electron chi connectivity index (χ4n) is 5.42. The van der Waals surface area contributed by atoms with Crippen LogP contribution in [0.15, 0.2) is 84.9 Å². The Bertz CT molecular complexity index is 1170. The molecule has 39 heavy (non-hydrogen) atoms. The summed E-state index contributed by atoms with van der Waals surface area (Å²) in [7, 11) is 3.67. The minimum Gasteiger partial charge on any atom is -0.491 e. The number of hydrogen-bond donors (Lipinski definition) is 1. The van der Waals surface area contributed by atoms with Crippen molar-refractivity contribution in [1.29, 1.82) is 0 Å². The standard InChI is InChI=1S/C32H39N3O4/c1-33(2)31(38)32(26-12-5-3-6-13-26,27-14-7-4-8-15-27)19-20-34-21-23-35(24-22-34)28-16-9-10-17-29(28)39-25-11-18-30(36)37/h3-10,12-17H,11,18-25H2,1-2H3,(H,36,37). The highest BCUT2D eigenvalue weighted by atomic mass is 16.5. The predicted octanol–water partition coefficient (Wildman–Crippen LogP) is 4.52. The van der Waals surface area contributed by atoms with E-state index in [0.29, 0.717) is 19.4 Å². The second-order valence-electron chi connectivity index (χ2n) is 10.2. The van der Waals surface area contributed by atoms with Crippen LogP contribution in [0.1, 0.15) is 30.4 Å². The van der Waals surface area contributed by atoms with E-state index >= 15 is 0 Å². The number of carboxylic acid groups (broad SMARTS) is 1. The zero-order chi connectivity index (χ0) is 27.7. The van der Waals surface area contributed by atoms with Crippen LogP contribution in [-0.4, -0.2) is 80.2 Å². The Morgan fingerprint density at radius 3 is 1.97 bits per heavy atom. The van der Waals surface area contributed by atoms with E-state index < -0.39 is 11.4 Å². The Kier molecular flexibility index (Phi) is 9.60. The van der Waals surface area contributed by atoms with Gasteiger partial charge >= 0.3 is 5.97 Å². The van der Waals surface area contributed by atoms with Gasteiger partial charge in [-0.25, -0.2) is 0 Å². The van der Waals surface area contributed by atoms with Crippen molar-refractivity contribution < 1.29 is 19.4 Å². The summed E-state index contributed by atoms with van der Waals surface area (Å²) in [6.45, 7) is 4.63. The van der Waals surface area contributed by atoms with Gasteiger partial charge in [-0.1, -0.05) is 72.8 Å². The fraction of sp³-hybridized carbons (Fsp3) is 0.375. The number of likely N-dealkylation sites (N-methyl/N-ethyl adjacent to an activating group) is 1. The molecule has 3 aromatic carbocycles. The van der Waals surface area contributed by atoms with Gasteiger partial charge in [0.15, 0.2) is 0 Å². The van der Waals surface area contributed by atoms with Crippen LogP contribution < -0.4 is 9.64 Å². The van der Waals surface area contributed by atoms with Crippen molar-refractivity contribution in [3.63, 3.8) is 0 Å². The summed E-state index contributed by atoms with van der Waals surface area (Å²) in [6, 6.07) is 28.3. The molecule has 1 aliphatic heterocycles. The molecule has 0 radical (unpaired) electrons. The van der Waals surface area contributed by atoms with E-state index in [2.05, 4.69) is 40.1 Å². The number of carbonyl (C=O) groups excluding carboxylic acids is 1. The molecular weight excluding hydrogens is 490 g/mol. The number of rotatable bonds is 12. The lowest BCUT2D eigenvalue weighted by molar-refractivity contribution is -0.137. The first-order valence-electron chi connectivity index (χ1n) is 13.7. The Morgan fingerprint density at radius 1 is 0.846 bits per heavy atom. The molecule has 0 unspecified atom stereocenters. The molecule has 1 heterocycles. The van der Waals surface area contributed by atoms with E-state index in [0.717, 1.165) is 55.3 Å². The van der Waals surface area contributed by atoms with Gasteiger partial charge in [-0.2, -0.15) is 0 Å². The molecule has 1 saturated heterocycles. The van der Waals surface area contributed by atoms with Gasteiger partial charge in [0.05, 0.1) is 12.3 Å². The summed E-state index contributed by atoms with van der Waals surface area (Å²) in [4.78, 5) is 31.2. The SMILES string of the molecule is CN(C)C(=O)C(CCN1CCN(c2ccccc2OCCCC(=O)O)CC1)(c1ccccc1)c1ccccc1. The second kappa shape index (κ2) is 13.3. The van der Waals surface area contributed by atoms with Gasteiger partial charge in [0.2, 0.25) is 5.91 Å². The summed E-state index contributed by atoms with van der Waals surface area (Å²) in [6.07, 6.45) is 1.26. The number of benzene rings is 3. The molecule has 1 N–H and O–H groups in total. The molecule has 3 aromatic rings. The maximum absolute atomic E-state index is 13.9. The lowest BCUT2D eigenvalue weighted by atomic mass is 9.70. The quantitative estimate of drug-likeness (QED) is 0.348. The van der Waals surface area contributed by atoms with Crippen LogP contribution >= 0.6 is 0 Å². The van der Waals surface area contributed by atoms with Crippen LogP contribution in [0.25, 0.3) is 0 Å². The average Bonchev–Trinajstić information content (AvgIpc) is 2.97. The molecule has 1 amide bonds. The van der Waals surface area contributed by atoms with Crippen LogP contribution in [0.3, 0.4) is 0 Å². The smallest absolute Gasteiger partial charge is 0.303 e. The van der Waals surface area contributed by atoms with Gasteiger partial charge in [0, 0.05) is 46.7 Å². The molecule has 0 atom stereocenters. The Balaban J connectivity index is 1.46. The molecule has 7 nitrogen and oxygen atoms in total. The third kappa shape index (κ3) is 6.79. The van der Waals surface area contributed by atoms with Gasteiger partial charge in [-0.05, 0) is 42.6 Å². The molecule has 206 valence electrons. The molecule has 4 rings (SSSR count). The highest BCUT2D eigenvalue weighted by molar-refractivity contribution is 5.92. The highest BCUT2D eigenvalue weighted by Crippen LogP contribution is 2.38. The van der Waals surface area contributed by atoms with Gasteiger partial charge < -0.3 is 19.6 Å². The lowest BCUT2D eigenvalue weighted by Gasteiger charge is -2.40. The van der Waals surface area contributed by atoms with E-state index in [9.17, 15) is 9.59 Å². The van der Waals surface area contributed by atoms with Crippen LogP contribution in [0, 0.1) is 0 Å². The van der Waals surface area contributed by atoms with Gasteiger partial charge in [-0.15, -0.1) is 0 Å². The summed E-state index contributed by atoms with van der Waals surface area (Å²) >= 11 is 0. The molecule has 0 aromatic heterocycles. The van der Waals surface area contributed by atoms with Crippen molar-refractivity contribution >= 4 is 17.6 Å². The monoisotopic (exact) mass is 529 g/mol. The predicted molar refractivity (Wildman–Crippen MR) is 154 cm³/mol. The van der Waals surface area contributed by atoms with Gasteiger partial charge in [-0.3, -0.25) is 14.5 Å². The van der Waals surface area contributed by atoms with Crippen LogP contribution in [0.4, 0.5) is 5.69 Å². The molecule has 0 saturated carbocycles. The first kappa shape index (κ1) is 28.2. The van der Waals surface area contributed by atoms with Crippen molar-refractivity contribution in [2.45, 2.75) is 24.7 Å². The first-order chi connectivity index (χ1) is 18.9. The molecule has 0 spiro atoms. The lowest BCUT2D eigenvalue weighted by Crippen LogP contribution is -2.50. The Hall–Kier alpha value is -3.84. The number of carbonyl (C=O) groups is 2. The number of anilines is 1. The third-order valence-corrected chi connectivity index (χ3v) is 7.48. The summed E-state index contributed by atoms with van der Waals surface area (Å²) in [5.41, 5.74) is 2.31. The molecular formula is C32H39N3O4. The van der Waals surface area contributed by atoms with E-state index in [4.69, 9.17) is 9.84 Å². The minimum absolute atomic E-state index is 0.0903. The molecule has 0 bridgehead atoms. The maximum atomic E-state index is 13.9. The van der Waals surface area contributed by atoms with E-state index in [1.54, 1.807) is 4.90 Å². The van der Waals surface area contributed by atoms with Crippen molar-refractivity contribution in [2.75, 3.05) is 58.3 Å². The van der Waals surface area contributed by atoms with Crippen molar-refractivity contribution in [2.24, 2.45) is 0 Å². The Morgan fingerprint density at radius 2 is 1.41 bits per heavy atom. The highest BCUT2D eigenvalue weighted by Gasteiger charge is 2.43. The summed E-state index contributed by atoms with van der Waals surface area (Å²) < 4.78 is 5.95. The van der Waals surface area contributed by atoms with E-state index in [-0.39, 0.29) is 12.3 Å². The first-order valence-corrected chi connectivity index (χ1v) is 13.7. The summed E-state index contributed by atoms with van der Waals surface area (Å²) in [5.74, 6) is 0.0754. The van der Waals surface area contributed by atoms with Crippen molar-refractivity contribution in [1.82, 2.24) is 9.80 Å².